The van der Waals surface area contributed by atoms with Crippen LogP contribution in [-0.4, -0.2) is 19.9 Å². The minimum Gasteiger partial charge on any atom is -0.497 e. The molecule has 0 spiro atoms. The zero-order chi connectivity index (χ0) is 15.2. The van der Waals surface area contributed by atoms with Crippen LogP contribution < -0.4 is 20.0 Å². The van der Waals surface area contributed by atoms with Crippen LogP contribution in [0.3, 0.4) is 0 Å². The van der Waals surface area contributed by atoms with Crippen molar-refractivity contribution in [2.75, 3.05) is 20.0 Å². The third-order valence-electron chi connectivity index (χ3n) is 2.96. The topological polar surface area (TPSA) is 66.1 Å². The average Bonchev–Trinajstić information content (AvgIpc) is 2.53. The lowest BCUT2D eigenvalue weighted by molar-refractivity contribution is 0.341. The lowest BCUT2D eigenvalue weighted by Crippen LogP contribution is -2.02. The van der Waals surface area contributed by atoms with E-state index < -0.39 is 0 Å². The molecule has 2 rings (SSSR count). The number of hydrogen-bond acceptors (Lipinski definition) is 5. The van der Waals surface area contributed by atoms with Crippen molar-refractivity contribution >= 4 is 11.4 Å². The molecule has 0 bridgehead atoms. The van der Waals surface area contributed by atoms with E-state index in [-0.39, 0.29) is 0 Å². The highest BCUT2D eigenvalue weighted by atomic mass is 16.6. The summed E-state index contributed by atoms with van der Waals surface area (Å²) < 4.78 is 10.5. The van der Waals surface area contributed by atoms with Crippen LogP contribution in [0.1, 0.15) is 12.5 Å². The Hall–Kier alpha value is -2.69. The Bertz CT molecular complexity index is 636. The van der Waals surface area contributed by atoms with Gasteiger partial charge in [-0.1, -0.05) is 5.16 Å². The first-order valence-corrected chi connectivity index (χ1v) is 6.43. The monoisotopic (exact) mass is 286 g/mol. The van der Waals surface area contributed by atoms with Crippen LogP contribution in [0.25, 0.3) is 0 Å². The van der Waals surface area contributed by atoms with Gasteiger partial charge < -0.3 is 20.0 Å². The fourth-order valence-corrected chi connectivity index (χ4v) is 1.80. The number of rotatable bonds is 5. The maximum absolute atomic E-state index is 5.62. The molecule has 0 amide bonds. The molecule has 0 aliphatic rings. The number of benzene rings is 2. The summed E-state index contributed by atoms with van der Waals surface area (Å²) in [4.78, 5) is 5.39. The van der Waals surface area contributed by atoms with Crippen molar-refractivity contribution in [3.05, 3.63) is 48.0 Å². The van der Waals surface area contributed by atoms with E-state index in [0.29, 0.717) is 22.9 Å². The summed E-state index contributed by atoms with van der Waals surface area (Å²) in [7, 11) is 3.22. The van der Waals surface area contributed by atoms with Gasteiger partial charge in [0.05, 0.1) is 19.9 Å². The zero-order valence-electron chi connectivity index (χ0n) is 12.3. The van der Waals surface area contributed by atoms with Gasteiger partial charge in [0, 0.05) is 11.3 Å². The predicted octanol–water partition coefficient (Wildman–Crippen LogP) is 3.09. The van der Waals surface area contributed by atoms with Crippen LogP contribution in [0.2, 0.25) is 0 Å². The van der Waals surface area contributed by atoms with Crippen molar-refractivity contribution in [2.24, 2.45) is 5.16 Å². The van der Waals surface area contributed by atoms with Gasteiger partial charge >= 0.3 is 0 Å². The van der Waals surface area contributed by atoms with Gasteiger partial charge in [-0.15, -0.1) is 0 Å². The van der Waals surface area contributed by atoms with E-state index >= 15 is 0 Å². The zero-order valence-corrected chi connectivity index (χ0v) is 12.3. The molecule has 110 valence electrons. The van der Waals surface area contributed by atoms with Crippen LogP contribution in [-0.2, 0) is 0 Å². The van der Waals surface area contributed by atoms with Gasteiger partial charge in [0.1, 0.15) is 11.5 Å². The summed E-state index contributed by atoms with van der Waals surface area (Å²) in [6.07, 6.45) is 0. The first-order chi connectivity index (χ1) is 10.1. The highest BCUT2D eigenvalue weighted by Crippen LogP contribution is 2.25. The highest BCUT2D eigenvalue weighted by Gasteiger charge is 2.09. The van der Waals surface area contributed by atoms with Crippen molar-refractivity contribution < 1.29 is 14.3 Å². The van der Waals surface area contributed by atoms with Gasteiger partial charge in [0.25, 0.3) is 0 Å². The first kappa shape index (κ1) is 14.7. The third kappa shape index (κ3) is 3.66. The van der Waals surface area contributed by atoms with Crippen molar-refractivity contribution in [3.8, 4) is 17.2 Å². The standard InChI is InChI=1S/C16H18N2O3/c1-11(18-21-13-6-4-12(17)5-7-13)15-10-14(19-2)8-9-16(15)20-3/h4-10H,17H2,1-3H3/b18-11+. The maximum atomic E-state index is 5.62. The van der Waals surface area contributed by atoms with Gasteiger partial charge in [-0.2, -0.15) is 0 Å². The van der Waals surface area contributed by atoms with Crippen LogP contribution in [0.15, 0.2) is 47.6 Å². The number of nitrogen functional groups attached to an aromatic ring is 1. The lowest BCUT2D eigenvalue weighted by Gasteiger charge is -2.10. The number of hydrogen-bond donors (Lipinski definition) is 1. The second kappa shape index (κ2) is 6.65. The fourth-order valence-electron chi connectivity index (χ4n) is 1.80. The van der Waals surface area contributed by atoms with Gasteiger partial charge in [-0.3, -0.25) is 0 Å². The summed E-state index contributed by atoms with van der Waals surface area (Å²) in [5.74, 6) is 2.05. The molecule has 0 saturated heterocycles. The molecule has 5 nitrogen and oxygen atoms in total. The highest BCUT2D eigenvalue weighted by molar-refractivity contribution is 6.01. The van der Waals surface area contributed by atoms with Crippen LogP contribution in [0.5, 0.6) is 17.2 Å². The second-order valence-corrected chi connectivity index (χ2v) is 4.40. The molecule has 0 fully saturated rings. The number of nitrogens with zero attached hydrogens (tertiary/aromatic N) is 1. The van der Waals surface area contributed by atoms with E-state index in [0.717, 1.165) is 11.3 Å². The normalized spacial score (nSPS) is 11.1. The fraction of sp³-hybridized carbons (Fsp3) is 0.188. The van der Waals surface area contributed by atoms with Crippen LogP contribution in [0, 0.1) is 0 Å². The first-order valence-electron chi connectivity index (χ1n) is 6.43. The smallest absolute Gasteiger partial charge is 0.158 e. The molecular weight excluding hydrogens is 268 g/mol. The van der Waals surface area contributed by atoms with Crippen LogP contribution >= 0.6 is 0 Å². The van der Waals surface area contributed by atoms with Crippen LogP contribution in [0.4, 0.5) is 5.69 Å². The van der Waals surface area contributed by atoms with Crippen molar-refractivity contribution in [3.63, 3.8) is 0 Å². The molecule has 0 saturated carbocycles. The van der Waals surface area contributed by atoms with Gasteiger partial charge in [-0.05, 0) is 49.4 Å². The third-order valence-corrected chi connectivity index (χ3v) is 2.96. The van der Waals surface area contributed by atoms with Gasteiger partial charge in [0.2, 0.25) is 0 Å². The van der Waals surface area contributed by atoms with E-state index in [1.54, 1.807) is 38.5 Å². The molecule has 2 aromatic rings. The molecule has 0 atom stereocenters. The van der Waals surface area contributed by atoms with E-state index in [4.69, 9.17) is 20.0 Å². The summed E-state index contributed by atoms with van der Waals surface area (Å²) in [5.41, 5.74) is 7.80. The van der Waals surface area contributed by atoms with Crippen molar-refractivity contribution in [1.82, 2.24) is 0 Å². The average molecular weight is 286 g/mol. The Morgan fingerprint density at radius 3 is 2.24 bits per heavy atom. The number of ether oxygens (including phenoxy) is 2. The van der Waals surface area contributed by atoms with E-state index in [1.165, 1.54) is 0 Å². The lowest BCUT2D eigenvalue weighted by atomic mass is 10.1. The molecule has 0 radical (unpaired) electrons. The molecule has 2 N–H and O–H groups in total. The molecule has 2 aromatic carbocycles. The van der Waals surface area contributed by atoms with E-state index in [9.17, 15) is 0 Å². The number of oxime groups is 1. The Morgan fingerprint density at radius 1 is 0.952 bits per heavy atom. The quantitative estimate of drug-likeness (QED) is 0.521. The van der Waals surface area contributed by atoms with Crippen molar-refractivity contribution in [2.45, 2.75) is 6.92 Å². The summed E-state index contributed by atoms with van der Waals surface area (Å²) in [6, 6.07) is 12.5. The Labute approximate surface area is 123 Å². The number of anilines is 1. The summed E-state index contributed by atoms with van der Waals surface area (Å²) in [6.45, 7) is 1.84. The van der Waals surface area contributed by atoms with Gasteiger partial charge in [0.15, 0.2) is 5.75 Å². The summed E-state index contributed by atoms with van der Waals surface area (Å²) >= 11 is 0. The summed E-state index contributed by atoms with van der Waals surface area (Å²) in [5, 5.41) is 4.12. The molecule has 5 heteroatoms. The van der Waals surface area contributed by atoms with E-state index in [2.05, 4.69) is 5.16 Å². The largest absolute Gasteiger partial charge is 0.497 e. The second-order valence-electron chi connectivity index (χ2n) is 4.40. The number of nitrogens with two attached hydrogens (primary N) is 1. The molecule has 0 unspecified atom stereocenters. The molecular formula is C16H18N2O3. The van der Waals surface area contributed by atoms with Crippen molar-refractivity contribution in [1.29, 1.82) is 0 Å². The SMILES string of the molecule is COc1ccc(OC)c(/C(C)=N/Oc2ccc(N)cc2)c1. The molecule has 21 heavy (non-hydrogen) atoms. The molecule has 0 heterocycles. The number of methoxy groups -OCH3 is 2. The Kier molecular flexibility index (Phi) is 4.66. The Balaban J connectivity index is 2.23. The van der Waals surface area contributed by atoms with Gasteiger partial charge in [-0.25, -0.2) is 0 Å². The molecule has 0 aliphatic heterocycles. The predicted molar refractivity (Wildman–Crippen MR) is 83.2 cm³/mol. The molecule has 0 aliphatic carbocycles. The maximum Gasteiger partial charge on any atom is 0.158 e. The molecule has 0 aromatic heterocycles. The minimum absolute atomic E-state index is 0.616. The minimum atomic E-state index is 0.616. The van der Waals surface area contributed by atoms with E-state index in [1.807, 2.05) is 25.1 Å². The Morgan fingerprint density at radius 2 is 1.62 bits per heavy atom.